The maximum absolute atomic E-state index is 10.5. The molecule has 2 saturated heterocycles. The molecule has 0 aliphatic carbocycles. The van der Waals surface area contributed by atoms with E-state index >= 15 is 0 Å². The highest BCUT2D eigenvalue weighted by Gasteiger charge is 2.45. The van der Waals surface area contributed by atoms with Gasteiger partial charge in [0.05, 0.1) is 6.61 Å². The van der Waals surface area contributed by atoms with Crippen LogP contribution in [-0.4, -0.2) is 72.8 Å². The standard InChI is InChI=1S/C15H22N6O4/c16-12-9-13(18-7-17-12)21(14-11(24)10(23)8(6-22)25-14)15(19-9)20-4-2-1-3-5-20/h7-8,10-11,14,22-24H,1-6H2,(H2,16,17,18)/t8-,10-,11-,14-/m0/s1. The minimum Gasteiger partial charge on any atom is -0.394 e. The molecule has 10 heteroatoms. The lowest BCUT2D eigenvalue weighted by Gasteiger charge is -2.30. The third-order valence-electron chi connectivity index (χ3n) is 4.90. The number of anilines is 2. The van der Waals surface area contributed by atoms with E-state index in [1.807, 2.05) is 0 Å². The second-order valence-electron chi connectivity index (χ2n) is 6.49. The Balaban J connectivity index is 1.84. The second-order valence-corrected chi connectivity index (χ2v) is 6.49. The van der Waals surface area contributed by atoms with Crippen molar-refractivity contribution in [3.05, 3.63) is 6.33 Å². The molecule has 2 aliphatic heterocycles. The average molecular weight is 350 g/mol. The number of rotatable bonds is 3. The van der Waals surface area contributed by atoms with Crippen molar-refractivity contribution in [3.63, 3.8) is 0 Å². The Morgan fingerprint density at radius 1 is 1.16 bits per heavy atom. The number of ether oxygens (including phenoxy) is 1. The summed E-state index contributed by atoms with van der Waals surface area (Å²) < 4.78 is 7.36. The van der Waals surface area contributed by atoms with Gasteiger partial charge >= 0.3 is 0 Å². The van der Waals surface area contributed by atoms with Gasteiger partial charge in [-0.25, -0.2) is 15.0 Å². The molecule has 136 valence electrons. The summed E-state index contributed by atoms with van der Waals surface area (Å²) in [6.07, 6.45) is 0.383. The molecule has 2 aromatic heterocycles. The molecule has 10 nitrogen and oxygen atoms in total. The van der Waals surface area contributed by atoms with Crippen molar-refractivity contribution in [2.24, 2.45) is 0 Å². The van der Waals surface area contributed by atoms with Crippen molar-refractivity contribution in [1.82, 2.24) is 19.5 Å². The van der Waals surface area contributed by atoms with E-state index in [9.17, 15) is 15.3 Å². The summed E-state index contributed by atoms with van der Waals surface area (Å²) in [6.45, 7) is 1.26. The van der Waals surface area contributed by atoms with Crippen LogP contribution in [0.4, 0.5) is 11.8 Å². The number of aliphatic hydroxyl groups excluding tert-OH is 3. The molecule has 0 spiro atoms. The minimum absolute atomic E-state index is 0.244. The number of aromatic nitrogens is 4. The van der Waals surface area contributed by atoms with Gasteiger partial charge in [-0.2, -0.15) is 0 Å². The first-order valence-corrected chi connectivity index (χ1v) is 8.47. The molecule has 0 radical (unpaired) electrons. The van der Waals surface area contributed by atoms with E-state index < -0.39 is 31.1 Å². The molecule has 0 bridgehead atoms. The van der Waals surface area contributed by atoms with E-state index in [2.05, 4.69) is 19.9 Å². The Morgan fingerprint density at radius 3 is 2.60 bits per heavy atom. The Morgan fingerprint density at radius 2 is 1.92 bits per heavy atom. The summed E-state index contributed by atoms with van der Waals surface area (Å²) in [6, 6.07) is 0. The first kappa shape index (κ1) is 16.5. The third-order valence-corrected chi connectivity index (χ3v) is 4.90. The maximum atomic E-state index is 10.5. The number of fused-ring (bicyclic) bond motifs is 1. The Hall–Kier alpha value is -2.01. The van der Waals surface area contributed by atoms with Gasteiger partial charge in [-0.05, 0) is 19.3 Å². The number of imidazole rings is 1. The molecule has 2 aliphatic rings. The predicted molar refractivity (Wildman–Crippen MR) is 88.8 cm³/mol. The SMILES string of the molecule is Nc1ncnc2c1nc(N1CCCCC1)n2[C@H]1O[C@@H](CO)[C@H](O)[C@@H]1O. The molecule has 0 amide bonds. The first-order chi connectivity index (χ1) is 12.1. The quantitative estimate of drug-likeness (QED) is 0.548. The molecule has 4 rings (SSSR count). The van der Waals surface area contributed by atoms with Gasteiger partial charge in [0.15, 0.2) is 23.2 Å². The fourth-order valence-corrected chi connectivity index (χ4v) is 3.56. The van der Waals surface area contributed by atoms with Gasteiger partial charge in [-0.3, -0.25) is 4.57 Å². The summed E-state index contributed by atoms with van der Waals surface area (Å²) in [5.74, 6) is 0.825. The molecule has 2 fully saturated rings. The van der Waals surface area contributed by atoms with Crippen molar-refractivity contribution in [2.75, 3.05) is 30.3 Å². The summed E-state index contributed by atoms with van der Waals surface area (Å²) in [4.78, 5) is 14.9. The van der Waals surface area contributed by atoms with E-state index in [0.29, 0.717) is 17.1 Å². The van der Waals surface area contributed by atoms with Gasteiger partial charge in [0, 0.05) is 13.1 Å². The molecule has 4 atom stereocenters. The summed E-state index contributed by atoms with van der Waals surface area (Å²) in [5.41, 5.74) is 6.81. The lowest BCUT2D eigenvalue weighted by Crippen LogP contribution is -2.35. The van der Waals surface area contributed by atoms with E-state index in [-0.39, 0.29) is 5.82 Å². The molecule has 5 N–H and O–H groups in total. The molecule has 0 unspecified atom stereocenters. The van der Waals surface area contributed by atoms with Crippen molar-refractivity contribution < 1.29 is 20.1 Å². The van der Waals surface area contributed by atoms with Crippen LogP contribution < -0.4 is 10.6 Å². The molecular weight excluding hydrogens is 328 g/mol. The summed E-state index contributed by atoms with van der Waals surface area (Å²) in [7, 11) is 0. The van der Waals surface area contributed by atoms with Crippen LogP contribution in [0.2, 0.25) is 0 Å². The number of hydrogen-bond acceptors (Lipinski definition) is 9. The molecular formula is C15H22N6O4. The van der Waals surface area contributed by atoms with Crippen molar-refractivity contribution in [1.29, 1.82) is 0 Å². The van der Waals surface area contributed by atoms with Gasteiger partial charge in [-0.15, -0.1) is 0 Å². The number of nitrogen functional groups attached to an aromatic ring is 1. The van der Waals surface area contributed by atoms with Crippen LogP contribution in [-0.2, 0) is 4.74 Å². The Kier molecular flexibility index (Phi) is 4.20. The molecule has 0 aromatic carbocycles. The number of hydrogen-bond donors (Lipinski definition) is 4. The number of nitrogens with zero attached hydrogens (tertiary/aromatic N) is 5. The van der Waals surface area contributed by atoms with Gasteiger partial charge < -0.3 is 30.7 Å². The highest BCUT2D eigenvalue weighted by Crippen LogP contribution is 2.36. The fraction of sp³-hybridized carbons (Fsp3) is 0.667. The monoisotopic (exact) mass is 350 g/mol. The average Bonchev–Trinajstić information content (AvgIpc) is 3.15. The van der Waals surface area contributed by atoms with Crippen LogP contribution in [0.3, 0.4) is 0 Å². The van der Waals surface area contributed by atoms with Crippen LogP contribution in [0.5, 0.6) is 0 Å². The van der Waals surface area contributed by atoms with E-state index in [1.165, 1.54) is 6.33 Å². The minimum atomic E-state index is -1.21. The summed E-state index contributed by atoms with van der Waals surface area (Å²) in [5, 5.41) is 29.9. The van der Waals surface area contributed by atoms with Gasteiger partial charge in [0.25, 0.3) is 0 Å². The zero-order valence-electron chi connectivity index (χ0n) is 13.7. The molecule has 2 aromatic rings. The number of nitrogens with two attached hydrogens (primary N) is 1. The topological polar surface area (TPSA) is 143 Å². The van der Waals surface area contributed by atoms with Crippen LogP contribution in [0.1, 0.15) is 25.5 Å². The first-order valence-electron chi connectivity index (χ1n) is 8.47. The smallest absolute Gasteiger partial charge is 0.210 e. The lowest BCUT2D eigenvalue weighted by molar-refractivity contribution is -0.0504. The predicted octanol–water partition coefficient (Wildman–Crippen LogP) is -0.990. The highest BCUT2D eigenvalue weighted by molar-refractivity contribution is 5.84. The Labute approximate surface area is 143 Å². The van der Waals surface area contributed by atoms with Crippen molar-refractivity contribution in [2.45, 2.75) is 43.8 Å². The van der Waals surface area contributed by atoms with Gasteiger partial charge in [0.1, 0.15) is 24.6 Å². The van der Waals surface area contributed by atoms with Gasteiger partial charge in [-0.1, -0.05) is 0 Å². The van der Waals surface area contributed by atoms with E-state index in [4.69, 9.17) is 10.5 Å². The Bertz CT molecular complexity index is 762. The number of aliphatic hydroxyl groups is 3. The highest BCUT2D eigenvalue weighted by atomic mass is 16.6. The van der Waals surface area contributed by atoms with E-state index in [1.54, 1.807) is 4.57 Å². The maximum Gasteiger partial charge on any atom is 0.210 e. The lowest BCUT2D eigenvalue weighted by atomic mass is 10.1. The van der Waals surface area contributed by atoms with E-state index in [0.717, 1.165) is 32.4 Å². The fourth-order valence-electron chi connectivity index (χ4n) is 3.56. The number of piperidine rings is 1. The van der Waals surface area contributed by atoms with Gasteiger partial charge in [0.2, 0.25) is 5.95 Å². The zero-order valence-corrected chi connectivity index (χ0v) is 13.7. The van der Waals surface area contributed by atoms with Crippen LogP contribution in [0.15, 0.2) is 6.33 Å². The third kappa shape index (κ3) is 2.61. The molecule has 4 heterocycles. The molecule has 0 saturated carbocycles. The van der Waals surface area contributed by atoms with Crippen LogP contribution >= 0.6 is 0 Å². The largest absolute Gasteiger partial charge is 0.394 e. The van der Waals surface area contributed by atoms with Crippen molar-refractivity contribution in [3.8, 4) is 0 Å². The second kappa shape index (κ2) is 6.37. The van der Waals surface area contributed by atoms with Crippen LogP contribution in [0, 0.1) is 0 Å². The zero-order chi connectivity index (χ0) is 17.6. The summed E-state index contributed by atoms with van der Waals surface area (Å²) >= 11 is 0. The normalized spacial score (nSPS) is 30.3. The van der Waals surface area contributed by atoms with Crippen molar-refractivity contribution >= 4 is 22.9 Å². The molecule has 25 heavy (non-hydrogen) atoms. The van der Waals surface area contributed by atoms with Crippen LogP contribution in [0.25, 0.3) is 11.2 Å².